The quantitative estimate of drug-likeness (QED) is 0.652. The molecule has 0 bridgehead atoms. The predicted octanol–water partition coefficient (Wildman–Crippen LogP) is 2.73. The number of nitrogens with zero attached hydrogens (tertiary/aromatic N) is 2. The van der Waals surface area contributed by atoms with Gasteiger partial charge in [0.2, 0.25) is 0 Å². The molecule has 1 heterocycles. The van der Waals surface area contributed by atoms with Crippen LogP contribution in [0.1, 0.15) is 32.4 Å². The van der Waals surface area contributed by atoms with Gasteiger partial charge in [-0.15, -0.1) is 0 Å². The number of nitriles is 1. The molecule has 15 heavy (non-hydrogen) atoms. The maximum Gasteiger partial charge on any atom is 0.119 e. The van der Waals surface area contributed by atoms with Gasteiger partial charge in [0.05, 0.1) is 12.1 Å². The molecule has 0 amide bonds. The monoisotopic (exact) mass is 200 g/mol. The summed E-state index contributed by atoms with van der Waals surface area (Å²) in [5.41, 5.74) is 1.32. The molecule has 0 N–H and O–H groups in total. The molecule has 2 nitrogen and oxygen atoms in total. The Kier molecular flexibility index (Phi) is 2.28. The average Bonchev–Trinajstić information content (AvgIpc) is 2.92. The minimum atomic E-state index is 0.0485. The molecule has 2 heteroatoms. The van der Waals surface area contributed by atoms with E-state index in [0.717, 1.165) is 0 Å². The molecule has 2 rings (SSSR count). The van der Waals surface area contributed by atoms with E-state index in [1.54, 1.807) is 0 Å². The van der Waals surface area contributed by atoms with Crippen LogP contribution in [-0.2, 0) is 0 Å². The third kappa shape index (κ3) is 1.75. The lowest BCUT2D eigenvalue weighted by molar-refractivity contribution is 0.278. The molecule has 0 spiro atoms. The highest BCUT2D eigenvalue weighted by Gasteiger charge is 2.54. The van der Waals surface area contributed by atoms with E-state index in [1.807, 2.05) is 18.2 Å². The molecule has 1 aliphatic heterocycles. The molecule has 1 fully saturated rings. The molecular formula is C13H16N2. The van der Waals surface area contributed by atoms with Gasteiger partial charge in [-0.1, -0.05) is 30.3 Å². The van der Waals surface area contributed by atoms with E-state index >= 15 is 0 Å². The second kappa shape index (κ2) is 3.36. The summed E-state index contributed by atoms with van der Waals surface area (Å²) in [6.45, 7) is 6.46. The predicted molar refractivity (Wildman–Crippen MR) is 60.2 cm³/mol. The highest BCUT2D eigenvalue weighted by atomic mass is 15.4. The average molecular weight is 200 g/mol. The second-order valence-electron chi connectivity index (χ2n) is 5.01. The van der Waals surface area contributed by atoms with Gasteiger partial charge in [0, 0.05) is 5.54 Å². The molecule has 0 saturated carbocycles. The Morgan fingerprint density at radius 3 is 2.20 bits per heavy atom. The summed E-state index contributed by atoms with van der Waals surface area (Å²) >= 11 is 0. The van der Waals surface area contributed by atoms with Crippen molar-refractivity contribution in [2.75, 3.05) is 0 Å². The van der Waals surface area contributed by atoms with Gasteiger partial charge >= 0.3 is 0 Å². The zero-order chi connectivity index (χ0) is 11.1. The molecule has 0 aromatic heterocycles. The Labute approximate surface area is 91.1 Å². The van der Waals surface area contributed by atoms with Crippen LogP contribution in [-0.4, -0.2) is 16.5 Å². The molecule has 3 atom stereocenters. The van der Waals surface area contributed by atoms with Crippen molar-refractivity contribution in [1.82, 2.24) is 4.90 Å². The fraction of sp³-hybridized carbons (Fsp3) is 0.462. The van der Waals surface area contributed by atoms with Gasteiger partial charge in [0.15, 0.2) is 0 Å². The molecule has 1 aliphatic rings. The van der Waals surface area contributed by atoms with Crippen molar-refractivity contribution in [2.24, 2.45) is 0 Å². The fourth-order valence-corrected chi connectivity index (χ4v) is 2.19. The van der Waals surface area contributed by atoms with Crippen molar-refractivity contribution >= 4 is 0 Å². The minimum Gasteiger partial charge on any atom is -0.272 e. The minimum absolute atomic E-state index is 0.0485. The third-order valence-electron chi connectivity index (χ3n) is 2.86. The van der Waals surface area contributed by atoms with E-state index in [9.17, 15) is 0 Å². The van der Waals surface area contributed by atoms with Crippen LogP contribution in [0.3, 0.4) is 0 Å². The van der Waals surface area contributed by atoms with Crippen LogP contribution in [0.15, 0.2) is 30.3 Å². The first-order chi connectivity index (χ1) is 7.05. The van der Waals surface area contributed by atoms with Gasteiger partial charge < -0.3 is 0 Å². The normalized spacial score (nSPS) is 29.6. The van der Waals surface area contributed by atoms with Crippen molar-refractivity contribution in [3.63, 3.8) is 0 Å². The smallest absolute Gasteiger partial charge is 0.119 e. The Morgan fingerprint density at radius 1 is 1.20 bits per heavy atom. The van der Waals surface area contributed by atoms with Gasteiger partial charge in [-0.25, -0.2) is 0 Å². The molecular weight excluding hydrogens is 184 g/mol. The summed E-state index contributed by atoms with van der Waals surface area (Å²) in [4.78, 5) is 2.25. The third-order valence-corrected chi connectivity index (χ3v) is 2.86. The van der Waals surface area contributed by atoms with Gasteiger partial charge in [-0.2, -0.15) is 5.26 Å². The van der Waals surface area contributed by atoms with E-state index in [4.69, 9.17) is 5.26 Å². The first kappa shape index (κ1) is 10.2. The number of rotatable bonds is 1. The lowest BCUT2D eigenvalue weighted by Gasteiger charge is -2.21. The molecule has 1 aromatic rings. The molecule has 0 aliphatic carbocycles. The van der Waals surface area contributed by atoms with Gasteiger partial charge in [-0.3, -0.25) is 4.90 Å². The van der Waals surface area contributed by atoms with Crippen molar-refractivity contribution < 1.29 is 0 Å². The lowest BCUT2D eigenvalue weighted by atomic mass is 10.1. The summed E-state index contributed by atoms with van der Waals surface area (Å²) in [7, 11) is 0. The first-order valence-corrected chi connectivity index (χ1v) is 5.28. The molecule has 1 unspecified atom stereocenters. The van der Waals surface area contributed by atoms with Crippen LogP contribution in [0.4, 0.5) is 0 Å². The number of hydrogen-bond donors (Lipinski definition) is 0. The topological polar surface area (TPSA) is 26.8 Å². The van der Waals surface area contributed by atoms with E-state index < -0.39 is 0 Å². The summed E-state index contributed by atoms with van der Waals surface area (Å²) in [5.74, 6) is 0. The van der Waals surface area contributed by atoms with Crippen molar-refractivity contribution in [3.05, 3.63) is 35.9 Å². The zero-order valence-electron chi connectivity index (χ0n) is 9.44. The van der Waals surface area contributed by atoms with E-state index in [-0.39, 0.29) is 17.6 Å². The van der Waals surface area contributed by atoms with Crippen LogP contribution in [0.25, 0.3) is 0 Å². The van der Waals surface area contributed by atoms with Crippen molar-refractivity contribution in [3.8, 4) is 6.07 Å². The first-order valence-electron chi connectivity index (χ1n) is 5.28. The standard InChI is InChI=1S/C13H16N2/c1-13(2,3)15-11(9-14)12(15)10-7-5-4-6-8-10/h4-8,11-12H,1-3H3/t11-,12-,15?/m0/s1. The maximum absolute atomic E-state index is 9.08. The van der Waals surface area contributed by atoms with Crippen LogP contribution in [0.5, 0.6) is 0 Å². The highest BCUT2D eigenvalue weighted by Crippen LogP contribution is 2.47. The number of benzene rings is 1. The van der Waals surface area contributed by atoms with Crippen molar-refractivity contribution in [1.29, 1.82) is 5.26 Å². The van der Waals surface area contributed by atoms with Crippen LogP contribution in [0, 0.1) is 11.3 Å². The molecule has 0 radical (unpaired) electrons. The van der Waals surface area contributed by atoms with Crippen LogP contribution < -0.4 is 0 Å². The zero-order valence-corrected chi connectivity index (χ0v) is 9.44. The Bertz CT molecular complexity index is 383. The largest absolute Gasteiger partial charge is 0.272 e. The molecule has 1 saturated heterocycles. The van der Waals surface area contributed by atoms with E-state index in [2.05, 4.69) is 43.9 Å². The Hall–Kier alpha value is -1.33. The van der Waals surface area contributed by atoms with Gasteiger partial charge in [0.1, 0.15) is 6.04 Å². The Balaban J connectivity index is 2.24. The van der Waals surface area contributed by atoms with Gasteiger partial charge in [0.25, 0.3) is 0 Å². The summed E-state index contributed by atoms with van der Waals surface area (Å²) in [5, 5.41) is 9.08. The van der Waals surface area contributed by atoms with Crippen LogP contribution in [0.2, 0.25) is 0 Å². The van der Waals surface area contributed by atoms with Crippen molar-refractivity contribution in [2.45, 2.75) is 38.4 Å². The lowest BCUT2D eigenvalue weighted by Crippen LogP contribution is -2.27. The number of hydrogen-bond acceptors (Lipinski definition) is 2. The van der Waals surface area contributed by atoms with Gasteiger partial charge in [-0.05, 0) is 26.3 Å². The molecule has 1 aromatic carbocycles. The second-order valence-corrected chi connectivity index (χ2v) is 5.01. The van der Waals surface area contributed by atoms with E-state index in [1.165, 1.54) is 5.56 Å². The van der Waals surface area contributed by atoms with E-state index in [0.29, 0.717) is 0 Å². The fourth-order valence-electron chi connectivity index (χ4n) is 2.19. The molecule has 78 valence electrons. The highest BCUT2D eigenvalue weighted by molar-refractivity contribution is 5.32. The summed E-state index contributed by atoms with van der Waals surface area (Å²) in [6.07, 6.45) is 0. The SMILES string of the molecule is CC(C)(C)N1[C@@H](C#N)[C@@H]1c1ccccc1. The Morgan fingerprint density at radius 2 is 1.80 bits per heavy atom. The summed E-state index contributed by atoms with van der Waals surface area (Å²) < 4.78 is 0. The van der Waals surface area contributed by atoms with Crippen LogP contribution >= 0.6 is 0 Å². The summed E-state index contributed by atoms with van der Waals surface area (Å²) in [6, 6.07) is 13.0. The maximum atomic E-state index is 9.08.